The van der Waals surface area contributed by atoms with Gasteiger partial charge in [0.05, 0.1) is 10.9 Å². The molecule has 2 aromatic rings. The molecule has 2 aromatic carbocycles. The van der Waals surface area contributed by atoms with Crippen LogP contribution >= 0.6 is 12.4 Å². The first-order valence-electron chi connectivity index (χ1n) is 5.79. The van der Waals surface area contributed by atoms with E-state index in [-0.39, 0.29) is 22.9 Å². The second-order valence-electron chi connectivity index (χ2n) is 4.49. The zero-order valence-corrected chi connectivity index (χ0v) is 12.7. The average molecular weight is 334 g/mol. The first kappa shape index (κ1) is 17.6. The SMILES string of the molecule is CS(=O)(=O)c1cccc(C(N)c2cc(F)ccc2F)c1.Cl. The van der Waals surface area contributed by atoms with Crippen LogP contribution in [0.4, 0.5) is 8.78 Å². The van der Waals surface area contributed by atoms with E-state index in [1.807, 2.05) is 0 Å². The predicted molar refractivity (Wildman–Crippen MR) is 79.2 cm³/mol. The molecule has 1 unspecified atom stereocenters. The molecule has 0 fully saturated rings. The van der Waals surface area contributed by atoms with Crippen LogP contribution in [0.2, 0.25) is 0 Å². The van der Waals surface area contributed by atoms with E-state index in [9.17, 15) is 17.2 Å². The molecule has 0 bridgehead atoms. The molecule has 2 rings (SSSR count). The Morgan fingerprint density at radius 2 is 1.76 bits per heavy atom. The summed E-state index contributed by atoms with van der Waals surface area (Å²) in [5.74, 6) is -1.24. The summed E-state index contributed by atoms with van der Waals surface area (Å²) in [5, 5.41) is 0. The van der Waals surface area contributed by atoms with Crippen molar-refractivity contribution in [3.63, 3.8) is 0 Å². The Hall–Kier alpha value is -1.50. The molecule has 0 aliphatic heterocycles. The number of sulfone groups is 1. The lowest BCUT2D eigenvalue weighted by Crippen LogP contribution is -2.14. The highest BCUT2D eigenvalue weighted by atomic mass is 35.5. The van der Waals surface area contributed by atoms with E-state index < -0.39 is 27.5 Å². The molecule has 21 heavy (non-hydrogen) atoms. The third-order valence-corrected chi connectivity index (χ3v) is 4.05. The summed E-state index contributed by atoms with van der Waals surface area (Å²) in [6.07, 6.45) is 1.07. The van der Waals surface area contributed by atoms with E-state index in [1.165, 1.54) is 18.2 Å². The summed E-state index contributed by atoms with van der Waals surface area (Å²) in [4.78, 5) is 0.0854. The zero-order chi connectivity index (χ0) is 14.9. The lowest BCUT2D eigenvalue weighted by molar-refractivity contribution is 0.576. The van der Waals surface area contributed by atoms with Crippen molar-refractivity contribution in [3.05, 3.63) is 65.2 Å². The van der Waals surface area contributed by atoms with Gasteiger partial charge in [-0.15, -0.1) is 12.4 Å². The molecular weight excluding hydrogens is 320 g/mol. The van der Waals surface area contributed by atoms with E-state index in [2.05, 4.69) is 0 Å². The normalized spacial score (nSPS) is 12.6. The van der Waals surface area contributed by atoms with Crippen molar-refractivity contribution in [2.75, 3.05) is 6.26 Å². The van der Waals surface area contributed by atoms with E-state index in [4.69, 9.17) is 5.73 Å². The fraction of sp³-hybridized carbons (Fsp3) is 0.143. The number of hydrogen-bond donors (Lipinski definition) is 1. The fourth-order valence-electron chi connectivity index (χ4n) is 1.87. The molecule has 0 amide bonds. The first-order chi connectivity index (χ1) is 9.29. The molecule has 0 aromatic heterocycles. The van der Waals surface area contributed by atoms with Gasteiger partial charge in [0.15, 0.2) is 9.84 Å². The first-order valence-corrected chi connectivity index (χ1v) is 7.69. The maximum atomic E-state index is 13.7. The van der Waals surface area contributed by atoms with Crippen LogP contribution in [0.1, 0.15) is 17.2 Å². The van der Waals surface area contributed by atoms with Gasteiger partial charge >= 0.3 is 0 Å². The monoisotopic (exact) mass is 333 g/mol. The number of hydrogen-bond acceptors (Lipinski definition) is 3. The molecule has 1 atom stereocenters. The van der Waals surface area contributed by atoms with Crippen LogP contribution in [0.25, 0.3) is 0 Å². The Bertz CT molecular complexity index is 750. The van der Waals surface area contributed by atoms with Gasteiger partial charge in [0.1, 0.15) is 11.6 Å². The number of benzene rings is 2. The van der Waals surface area contributed by atoms with Crippen LogP contribution in [0, 0.1) is 11.6 Å². The van der Waals surface area contributed by atoms with Crippen LogP contribution in [-0.4, -0.2) is 14.7 Å². The Morgan fingerprint density at radius 3 is 2.38 bits per heavy atom. The maximum absolute atomic E-state index is 13.7. The van der Waals surface area contributed by atoms with E-state index in [1.54, 1.807) is 6.07 Å². The minimum Gasteiger partial charge on any atom is -0.320 e. The second-order valence-corrected chi connectivity index (χ2v) is 6.50. The molecular formula is C14H14ClF2NO2S. The van der Waals surface area contributed by atoms with Crippen LogP contribution in [0.15, 0.2) is 47.4 Å². The maximum Gasteiger partial charge on any atom is 0.175 e. The molecule has 7 heteroatoms. The van der Waals surface area contributed by atoms with Gasteiger partial charge in [0.25, 0.3) is 0 Å². The Kier molecular flexibility index (Phi) is 5.44. The highest BCUT2D eigenvalue weighted by Gasteiger charge is 2.16. The lowest BCUT2D eigenvalue weighted by Gasteiger charge is -2.14. The zero-order valence-electron chi connectivity index (χ0n) is 11.1. The Morgan fingerprint density at radius 1 is 1.10 bits per heavy atom. The highest BCUT2D eigenvalue weighted by Crippen LogP contribution is 2.24. The van der Waals surface area contributed by atoms with Crippen molar-refractivity contribution >= 4 is 22.2 Å². The number of rotatable bonds is 3. The van der Waals surface area contributed by atoms with E-state index in [0.29, 0.717) is 5.56 Å². The topological polar surface area (TPSA) is 60.2 Å². The number of nitrogens with two attached hydrogens (primary N) is 1. The molecule has 0 saturated heterocycles. The van der Waals surface area contributed by atoms with Crippen molar-refractivity contribution in [1.29, 1.82) is 0 Å². The van der Waals surface area contributed by atoms with Crippen molar-refractivity contribution in [3.8, 4) is 0 Å². The molecule has 0 aliphatic carbocycles. The number of halogens is 3. The van der Waals surface area contributed by atoms with Gasteiger partial charge in [0.2, 0.25) is 0 Å². The quantitative estimate of drug-likeness (QED) is 0.939. The van der Waals surface area contributed by atoms with Gasteiger partial charge in [0, 0.05) is 11.8 Å². The molecule has 3 nitrogen and oxygen atoms in total. The molecule has 0 radical (unpaired) electrons. The van der Waals surface area contributed by atoms with E-state index >= 15 is 0 Å². The predicted octanol–water partition coefficient (Wildman–Crippen LogP) is 2.84. The van der Waals surface area contributed by atoms with Crippen LogP contribution in [-0.2, 0) is 9.84 Å². The van der Waals surface area contributed by atoms with Crippen molar-refractivity contribution in [2.24, 2.45) is 5.73 Å². The minimum atomic E-state index is -3.38. The minimum absolute atomic E-state index is 0. The van der Waals surface area contributed by atoms with Crippen LogP contribution in [0.3, 0.4) is 0 Å². The van der Waals surface area contributed by atoms with Gasteiger partial charge in [-0.2, -0.15) is 0 Å². The van der Waals surface area contributed by atoms with Gasteiger partial charge < -0.3 is 5.73 Å². The van der Waals surface area contributed by atoms with Gasteiger partial charge in [-0.25, -0.2) is 17.2 Å². The van der Waals surface area contributed by atoms with Crippen molar-refractivity contribution in [1.82, 2.24) is 0 Å². The van der Waals surface area contributed by atoms with Gasteiger partial charge in [-0.1, -0.05) is 12.1 Å². The van der Waals surface area contributed by atoms with Crippen LogP contribution < -0.4 is 5.73 Å². The molecule has 114 valence electrons. The fourth-order valence-corrected chi connectivity index (χ4v) is 2.55. The van der Waals surface area contributed by atoms with Gasteiger partial charge in [-0.05, 0) is 35.9 Å². The van der Waals surface area contributed by atoms with E-state index in [0.717, 1.165) is 24.5 Å². The third-order valence-electron chi connectivity index (χ3n) is 2.94. The van der Waals surface area contributed by atoms with Gasteiger partial charge in [-0.3, -0.25) is 0 Å². The summed E-state index contributed by atoms with van der Waals surface area (Å²) >= 11 is 0. The highest BCUT2D eigenvalue weighted by molar-refractivity contribution is 7.90. The Labute approximate surface area is 128 Å². The second kappa shape index (κ2) is 6.51. The largest absolute Gasteiger partial charge is 0.320 e. The third kappa shape index (κ3) is 4.00. The summed E-state index contributed by atoms with van der Waals surface area (Å²) in [7, 11) is -3.38. The molecule has 0 heterocycles. The molecule has 0 aliphatic rings. The van der Waals surface area contributed by atoms with Crippen molar-refractivity contribution < 1.29 is 17.2 Å². The molecule has 2 N–H and O–H groups in total. The molecule has 0 spiro atoms. The lowest BCUT2D eigenvalue weighted by atomic mass is 9.99. The standard InChI is InChI=1S/C14H13F2NO2S.ClH/c1-20(18,19)11-4-2-3-9(7-11)14(17)12-8-10(15)5-6-13(12)16;/h2-8,14H,17H2,1H3;1H. The molecule has 0 saturated carbocycles. The van der Waals surface area contributed by atoms with Crippen LogP contribution in [0.5, 0.6) is 0 Å². The Balaban J connectivity index is 0.00000220. The summed E-state index contributed by atoms with van der Waals surface area (Å²) in [6, 6.07) is 7.94. The smallest absolute Gasteiger partial charge is 0.175 e. The summed E-state index contributed by atoms with van der Waals surface area (Å²) < 4.78 is 49.8. The summed E-state index contributed by atoms with van der Waals surface area (Å²) in [6.45, 7) is 0. The average Bonchev–Trinajstić information content (AvgIpc) is 2.40. The summed E-state index contributed by atoms with van der Waals surface area (Å²) in [5.41, 5.74) is 6.28. The van der Waals surface area contributed by atoms with Crippen molar-refractivity contribution in [2.45, 2.75) is 10.9 Å².